The van der Waals surface area contributed by atoms with Crippen molar-refractivity contribution < 1.29 is 13.2 Å². The second-order valence-electron chi connectivity index (χ2n) is 5.18. The molecule has 0 aromatic heterocycles. The first kappa shape index (κ1) is 15.0. The molecule has 0 aliphatic heterocycles. The summed E-state index contributed by atoms with van der Waals surface area (Å²) in [4.78, 5) is 0.251. The third kappa shape index (κ3) is 4.66. The Labute approximate surface area is 109 Å². The van der Waals surface area contributed by atoms with Crippen LogP contribution in [-0.4, -0.2) is 20.6 Å². The van der Waals surface area contributed by atoms with Crippen LogP contribution in [0.25, 0.3) is 0 Å². The molecule has 1 aromatic carbocycles. The van der Waals surface area contributed by atoms with Gasteiger partial charge >= 0.3 is 0 Å². The van der Waals surface area contributed by atoms with Gasteiger partial charge in [-0.1, -0.05) is 6.92 Å². The van der Waals surface area contributed by atoms with Crippen molar-refractivity contribution in [2.24, 2.45) is 0 Å². The highest BCUT2D eigenvalue weighted by atomic mass is 32.2. The van der Waals surface area contributed by atoms with Gasteiger partial charge in [-0.25, -0.2) is 13.1 Å². The molecule has 0 saturated heterocycles. The van der Waals surface area contributed by atoms with Gasteiger partial charge in [-0.15, -0.1) is 0 Å². The molecule has 0 aliphatic rings. The van der Waals surface area contributed by atoms with E-state index in [4.69, 9.17) is 4.74 Å². The van der Waals surface area contributed by atoms with Crippen LogP contribution in [0.2, 0.25) is 0 Å². The third-order valence-corrected chi connectivity index (χ3v) is 3.82. The standard InChI is InChI=1S/C13H21NO3S/c1-5-10-17-11-6-8-12(9-7-11)18(15,16)14-13(2,3)4/h6-9,14H,5,10H2,1-4H3. The lowest BCUT2D eigenvalue weighted by atomic mass is 10.1. The molecule has 0 atom stereocenters. The summed E-state index contributed by atoms with van der Waals surface area (Å²) in [7, 11) is -3.46. The lowest BCUT2D eigenvalue weighted by Gasteiger charge is -2.20. The van der Waals surface area contributed by atoms with Gasteiger partial charge in [0.2, 0.25) is 10.0 Å². The molecule has 0 amide bonds. The Hall–Kier alpha value is -1.07. The Morgan fingerprint density at radius 2 is 1.72 bits per heavy atom. The molecule has 0 saturated carbocycles. The third-order valence-electron chi connectivity index (χ3n) is 2.05. The van der Waals surface area contributed by atoms with Gasteiger partial charge in [0.05, 0.1) is 11.5 Å². The van der Waals surface area contributed by atoms with Gasteiger partial charge in [0.15, 0.2) is 0 Å². The Morgan fingerprint density at radius 3 is 2.17 bits per heavy atom. The molecule has 0 spiro atoms. The van der Waals surface area contributed by atoms with Crippen molar-refractivity contribution in [3.8, 4) is 5.75 Å². The zero-order valence-electron chi connectivity index (χ0n) is 11.4. The average Bonchev–Trinajstić information content (AvgIpc) is 2.23. The van der Waals surface area contributed by atoms with Crippen molar-refractivity contribution in [1.29, 1.82) is 0 Å². The van der Waals surface area contributed by atoms with Crippen LogP contribution < -0.4 is 9.46 Å². The largest absolute Gasteiger partial charge is 0.494 e. The predicted octanol–water partition coefficient (Wildman–Crippen LogP) is 2.55. The van der Waals surface area contributed by atoms with Gasteiger partial charge in [0.1, 0.15) is 5.75 Å². The maximum absolute atomic E-state index is 12.0. The quantitative estimate of drug-likeness (QED) is 0.895. The molecule has 5 heteroatoms. The molecule has 1 aromatic rings. The average molecular weight is 271 g/mol. The smallest absolute Gasteiger partial charge is 0.241 e. The maximum Gasteiger partial charge on any atom is 0.241 e. The minimum atomic E-state index is -3.46. The number of ether oxygens (including phenoxy) is 1. The van der Waals surface area contributed by atoms with Crippen LogP contribution in [0.15, 0.2) is 29.2 Å². The fourth-order valence-electron chi connectivity index (χ4n) is 1.40. The highest BCUT2D eigenvalue weighted by molar-refractivity contribution is 7.89. The van der Waals surface area contributed by atoms with Gasteiger partial charge in [0, 0.05) is 5.54 Å². The Kier molecular flexibility index (Phi) is 4.76. The summed E-state index contributed by atoms with van der Waals surface area (Å²) >= 11 is 0. The summed E-state index contributed by atoms with van der Waals surface area (Å²) in [6.45, 7) is 8.08. The fourth-order valence-corrected chi connectivity index (χ4v) is 2.82. The number of hydrogen-bond donors (Lipinski definition) is 1. The van der Waals surface area contributed by atoms with E-state index in [0.717, 1.165) is 6.42 Å². The second-order valence-corrected chi connectivity index (χ2v) is 6.86. The molecule has 102 valence electrons. The van der Waals surface area contributed by atoms with Gasteiger partial charge in [-0.05, 0) is 51.5 Å². The number of nitrogens with one attached hydrogen (secondary N) is 1. The summed E-state index contributed by atoms with van der Waals surface area (Å²) in [6.07, 6.45) is 0.922. The maximum atomic E-state index is 12.0. The molecule has 4 nitrogen and oxygen atoms in total. The van der Waals surface area contributed by atoms with Crippen LogP contribution in [0.1, 0.15) is 34.1 Å². The minimum Gasteiger partial charge on any atom is -0.494 e. The molecule has 0 unspecified atom stereocenters. The molecular formula is C13H21NO3S. The predicted molar refractivity (Wildman–Crippen MR) is 72.3 cm³/mol. The Balaban J connectivity index is 2.84. The molecule has 0 heterocycles. The molecule has 0 bridgehead atoms. The van der Waals surface area contributed by atoms with Gasteiger partial charge < -0.3 is 4.74 Å². The molecule has 1 N–H and O–H groups in total. The first-order chi connectivity index (χ1) is 8.24. The Morgan fingerprint density at radius 1 is 1.17 bits per heavy atom. The topological polar surface area (TPSA) is 55.4 Å². The summed E-state index contributed by atoms with van der Waals surface area (Å²) < 4.78 is 32.1. The SMILES string of the molecule is CCCOc1ccc(S(=O)(=O)NC(C)(C)C)cc1. The zero-order chi connectivity index (χ0) is 13.8. The van der Waals surface area contributed by atoms with Crippen molar-refractivity contribution in [2.45, 2.75) is 44.6 Å². The van der Waals surface area contributed by atoms with Crippen LogP contribution >= 0.6 is 0 Å². The van der Waals surface area contributed by atoms with E-state index in [-0.39, 0.29) is 4.90 Å². The first-order valence-corrected chi connectivity index (χ1v) is 7.50. The normalized spacial score (nSPS) is 12.4. The van der Waals surface area contributed by atoms with Gasteiger partial charge in [-0.2, -0.15) is 0 Å². The van der Waals surface area contributed by atoms with E-state index >= 15 is 0 Å². The molecule has 0 radical (unpaired) electrons. The van der Waals surface area contributed by atoms with Crippen LogP contribution in [0, 0.1) is 0 Å². The van der Waals surface area contributed by atoms with Crippen molar-refractivity contribution in [1.82, 2.24) is 4.72 Å². The fraction of sp³-hybridized carbons (Fsp3) is 0.538. The van der Waals surface area contributed by atoms with Crippen molar-refractivity contribution in [2.75, 3.05) is 6.61 Å². The number of rotatable bonds is 5. The van der Waals surface area contributed by atoms with Gasteiger partial charge in [0.25, 0.3) is 0 Å². The summed E-state index contributed by atoms with van der Waals surface area (Å²) in [5, 5.41) is 0. The molecule has 1 rings (SSSR count). The van der Waals surface area contributed by atoms with E-state index in [0.29, 0.717) is 12.4 Å². The molecule has 0 aliphatic carbocycles. The van der Waals surface area contributed by atoms with Gasteiger partial charge in [-0.3, -0.25) is 0 Å². The monoisotopic (exact) mass is 271 g/mol. The van der Waals surface area contributed by atoms with Crippen LogP contribution in [0.4, 0.5) is 0 Å². The molecule has 0 fully saturated rings. The highest BCUT2D eigenvalue weighted by Gasteiger charge is 2.21. The van der Waals surface area contributed by atoms with Crippen LogP contribution in [-0.2, 0) is 10.0 Å². The highest BCUT2D eigenvalue weighted by Crippen LogP contribution is 2.17. The van der Waals surface area contributed by atoms with E-state index in [1.807, 2.05) is 27.7 Å². The number of benzene rings is 1. The summed E-state index contributed by atoms with van der Waals surface area (Å²) in [5.41, 5.74) is -0.490. The number of hydrogen-bond acceptors (Lipinski definition) is 3. The van der Waals surface area contributed by atoms with Crippen LogP contribution in [0.3, 0.4) is 0 Å². The van der Waals surface area contributed by atoms with Crippen molar-refractivity contribution >= 4 is 10.0 Å². The lowest BCUT2D eigenvalue weighted by Crippen LogP contribution is -2.40. The first-order valence-electron chi connectivity index (χ1n) is 6.01. The van der Waals surface area contributed by atoms with E-state index in [9.17, 15) is 8.42 Å². The van der Waals surface area contributed by atoms with E-state index in [1.54, 1.807) is 24.3 Å². The lowest BCUT2D eigenvalue weighted by molar-refractivity contribution is 0.317. The zero-order valence-corrected chi connectivity index (χ0v) is 12.2. The minimum absolute atomic E-state index is 0.251. The van der Waals surface area contributed by atoms with E-state index in [1.165, 1.54) is 0 Å². The van der Waals surface area contributed by atoms with E-state index < -0.39 is 15.6 Å². The molecular weight excluding hydrogens is 250 g/mol. The number of sulfonamides is 1. The second kappa shape index (κ2) is 5.71. The Bertz CT molecular complexity index is 472. The summed E-state index contributed by atoms with van der Waals surface area (Å²) in [5.74, 6) is 0.687. The molecule has 18 heavy (non-hydrogen) atoms. The summed E-state index contributed by atoms with van der Waals surface area (Å²) in [6, 6.07) is 6.46. The van der Waals surface area contributed by atoms with E-state index in [2.05, 4.69) is 4.72 Å². The van der Waals surface area contributed by atoms with Crippen molar-refractivity contribution in [3.05, 3.63) is 24.3 Å². The van der Waals surface area contributed by atoms with Crippen molar-refractivity contribution in [3.63, 3.8) is 0 Å². The van der Waals surface area contributed by atoms with Crippen LogP contribution in [0.5, 0.6) is 5.75 Å².